The Morgan fingerprint density at radius 3 is 2.09 bits per heavy atom. The summed E-state index contributed by atoms with van der Waals surface area (Å²) in [4.78, 5) is 25.3. The third-order valence-electron chi connectivity index (χ3n) is 4.86. The van der Waals surface area contributed by atoms with Crippen LogP contribution in [0, 0.1) is 0 Å². The molecular weight excluding hydrogens is 426 g/mol. The average molecular weight is 451 g/mol. The Morgan fingerprint density at radius 2 is 1.45 bits per heavy atom. The summed E-state index contributed by atoms with van der Waals surface area (Å²) in [6.07, 6.45) is 0. The third kappa shape index (κ3) is 5.54. The predicted molar refractivity (Wildman–Crippen MR) is 123 cm³/mol. The van der Waals surface area contributed by atoms with Gasteiger partial charge in [0.05, 0.1) is 39.7 Å². The molecule has 33 heavy (non-hydrogen) atoms. The van der Waals surface area contributed by atoms with Gasteiger partial charge in [-0.25, -0.2) is 4.79 Å². The van der Waals surface area contributed by atoms with Gasteiger partial charge in [0, 0.05) is 23.3 Å². The van der Waals surface area contributed by atoms with Gasteiger partial charge < -0.3 is 29.0 Å². The van der Waals surface area contributed by atoms with Crippen LogP contribution < -0.4 is 24.3 Å². The van der Waals surface area contributed by atoms with Crippen molar-refractivity contribution >= 4 is 17.6 Å². The maximum Gasteiger partial charge on any atom is 0.340 e. The van der Waals surface area contributed by atoms with E-state index >= 15 is 0 Å². The summed E-state index contributed by atoms with van der Waals surface area (Å²) in [7, 11) is 5.72. The second-order valence-corrected chi connectivity index (χ2v) is 6.83. The van der Waals surface area contributed by atoms with Gasteiger partial charge in [-0.15, -0.1) is 0 Å². The largest absolute Gasteiger partial charge is 0.496 e. The third-order valence-corrected chi connectivity index (χ3v) is 4.86. The fraction of sp³-hybridized carbons (Fsp3) is 0.200. The van der Waals surface area contributed by atoms with E-state index in [1.54, 1.807) is 25.3 Å². The highest BCUT2D eigenvalue weighted by Crippen LogP contribution is 2.34. The summed E-state index contributed by atoms with van der Waals surface area (Å²) >= 11 is 0. The topological polar surface area (TPSA) is 92.3 Å². The molecule has 0 aliphatic carbocycles. The van der Waals surface area contributed by atoms with Crippen molar-refractivity contribution in [2.24, 2.45) is 0 Å². The van der Waals surface area contributed by atoms with E-state index in [0.717, 1.165) is 0 Å². The zero-order valence-corrected chi connectivity index (χ0v) is 18.8. The van der Waals surface area contributed by atoms with Crippen LogP contribution in [-0.4, -0.2) is 40.3 Å². The summed E-state index contributed by atoms with van der Waals surface area (Å²) in [6, 6.07) is 17.3. The van der Waals surface area contributed by atoms with Crippen LogP contribution in [0.4, 0.5) is 5.69 Å². The molecule has 0 aromatic heterocycles. The van der Waals surface area contributed by atoms with Crippen molar-refractivity contribution in [1.82, 2.24) is 0 Å². The molecule has 0 fully saturated rings. The molecule has 3 aromatic carbocycles. The molecule has 0 bridgehead atoms. The first-order valence-electron chi connectivity index (χ1n) is 10.0. The molecule has 8 heteroatoms. The van der Waals surface area contributed by atoms with E-state index in [2.05, 4.69) is 5.32 Å². The molecule has 0 saturated carbocycles. The Labute approximate surface area is 192 Å². The van der Waals surface area contributed by atoms with E-state index in [1.807, 2.05) is 30.3 Å². The van der Waals surface area contributed by atoms with Crippen LogP contribution >= 0.6 is 0 Å². The molecule has 0 aliphatic rings. The molecule has 3 aromatic rings. The smallest absolute Gasteiger partial charge is 0.340 e. The Bertz CT molecular complexity index is 1130. The standard InChI is InChI=1S/C25H25NO7/c1-29-21-11-10-16(12-17(21)15-33-18-8-6-5-7-9-18)24(27)26-20-14-23(31-3)22(30-2)13-19(20)25(28)32-4/h5-14H,15H2,1-4H3,(H,26,27). The van der Waals surface area contributed by atoms with Gasteiger partial charge in [-0.05, 0) is 30.3 Å². The van der Waals surface area contributed by atoms with E-state index < -0.39 is 11.9 Å². The molecular formula is C25H25NO7. The van der Waals surface area contributed by atoms with E-state index in [-0.39, 0.29) is 17.9 Å². The van der Waals surface area contributed by atoms with Crippen LogP contribution in [0.1, 0.15) is 26.3 Å². The molecule has 1 amide bonds. The first kappa shape index (κ1) is 23.5. The Morgan fingerprint density at radius 1 is 0.788 bits per heavy atom. The van der Waals surface area contributed by atoms with Crippen molar-refractivity contribution in [3.05, 3.63) is 77.4 Å². The lowest BCUT2D eigenvalue weighted by atomic mass is 10.1. The summed E-state index contributed by atoms with van der Waals surface area (Å²) in [6.45, 7) is 0.206. The van der Waals surface area contributed by atoms with Gasteiger partial charge in [0.25, 0.3) is 5.91 Å². The van der Waals surface area contributed by atoms with Gasteiger partial charge in [0.2, 0.25) is 0 Å². The minimum absolute atomic E-state index is 0.129. The number of carbonyl (C=O) groups excluding carboxylic acids is 2. The van der Waals surface area contributed by atoms with Gasteiger partial charge in [0.1, 0.15) is 18.1 Å². The number of benzene rings is 3. The lowest BCUT2D eigenvalue weighted by Gasteiger charge is -2.15. The van der Waals surface area contributed by atoms with Crippen LogP contribution in [0.3, 0.4) is 0 Å². The molecule has 1 N–H and O–H groups in total. The molecule has 0 aliphatic heterocycles. The molecule has 0 unspecified atom stereocenters. The zero-order valence-electron chi connectivity index (χ0n) is 18.8. The van der Waals surface area contributed by atoms with Gasteiger partial charge >= 0.3 is 5.97 Å². The Hall–Kier alpha value is -4.20. The van der Waals surface area contributed by atoms with Crippen LogP contribution in [0.5, 0.6) is 23.0 Å². The van der Waals surface area contributed by atoms with Gasteiger partial charge in [-0.2, -0.15) is 0 Å². The molecule has 3 rings (SSSR count). The van der Waals surface area contributed by atoms with Crippen LogP contribution in [-0.2, 0) is 11.3 Å². The minimum Gasteiger partial charge on any atom is -0.496 e. The van der Waals surface area contributed by atoms with Crippen molar-refractivity contribution in [1.29, 1.82) is 0 Å². The minimum atomic E-state index is -0.627. The summed E-state index contributed by atoms with van der Waals surface area (Å²) in [5.74, 6) is 0.910. The predicted octanol–water partition coefficient (Wildman–Crippen LogP) is 4.33. The second kappa shape index (κ2) is 10.9. The van der Waals surface area contributed by atoms with E-state index in [0.29, 0.717) is 34.1 Å². The number of para-hydroxylation sites is 1. The summed E-state index contributed by atoms with van der Waals surface area (Å²) in [5, 5.41) is 2.75. The van der Waals surface area contributed by atoms with E-state index in [1.165, 1.54) is 33.5 Å². The molecule has 0 radical (unpaired) electrons. The summed E-state index contributed by atoms with van der Waals surface area (Å²) in [5.41, 5.74) is 1.40. The van der Waals surface area contributed by atoms with Gasteiger partial charge in [-0.1, -0.05) is 18.2 Å². The maximum absolute atomic E-state index is 13.0. The van der Waals surface area contributed by atoms with Crippen LogP contribution in [0.15, 0.2) is 60.7 Å². The van der Waals surface area contributed by atoms with Crippen molar-refractivity contribution in [2.45, 2.75) is 6.61 Å². The number of esters is 1. The van der Waals surface area contributed by atoms with Gasteiger partial charge in [-0.3, -0.25) is 4.79 Å². The quantitative estimate of drug-likeness (QED) is 0.484. The number of methoxy groups -OCH3 is 4. The Kier molecular flexibility index (Phi) is 7.75. The molecule has 0 atom stereocenters. The number of rotatable bonds is 9. The number of nitrogens with one attached hydrogen (secondary N) is 1. The number of amides is 1. The lowest BCUT2D eigenvalue weighted by Crippen LogP contribution is -2.16. The second-order valence-electron chi connectivity index (χ2n) is 6.83. The molecule has 0 saturated heterocycles. The number of carbonyl (C=O) groups is 2. The maximum atomic E-state index is 13.0. The normalized spacial score (nSPS) is 10.2. The van der Waals surface area contributed by atoms with Crippen molar-refractivity contribution in [2.75, 3.05) is 33.8 Å². The first-order valence-corrected chi connectivity index (χ1v) is 10.0. The fourth-order valence-corrected chi connectivity index (χ4v) is 3.17. The zero-order chi connectivity index (χ0) is 23.8. The van der Waals surface area contributed by atoms with Crippen LogP contribution in [0.2, 0.25) is 0 Å². The monoisotopic (exact) mass is 451 g/mol. The SMILES string of the molecule is COC(=O)c1cc(OC)c(OC)cc1NC(=O)c1ccc(OC)c(COc2ccccc2)c1. The molecule has 8 nitrogen and oxygen atoms in total. The highest BCUT2D eigenvalue weighted by Gasteiger charge is 2.20. The molecule has 0 spiro atoms. The average Bonchev–Trinajstić information content (AvgIpc) is 2.86. The first-order chi connectivity index (χ1) is 16.0. The number of anilines is 1. The van der Waals surface area contributed by atoms with Crippen molar-refractivity contribution in [3.8, 4) is 23.0 Å². The highest BCUT2D eigenvalue weighted by molar-refractivity contribution is 6.08. The Balaban J connectivity index is 1.88. The van der Waals surface area contributed by atoms with Crippen molar-refractivity contribution in [3.63, 3.8) is 0 Å². The number of hydrogen-bond acceptors (Lipinski definition) is 7. The summed E-state index contributed by atoms with van der Waals surface area (Å²) < 4.78 is 26.6. The van der Waals surface area contributed by atoms with E-state index in [9.17, 15) is 9.59 Å². The van der Waals surface area contributed by atoms with E-state index in [4.69, 9.17) is 23.7 Å². The molecule has 172 valence electrons. The number of ether oxygens (including phenoxy) is 5. The molecule has 0 heterocycles. The van der Waals surface area contributed by atoms with Gasteiger partial charge in [0.15, 0.2) is 11.5 Å². The van der Waals surface area contributed by atoms with Crippen molar-refractivity contribution < 1.29 is 33.3 Å². The highest BCUT2D eigenvalue weighted by atomic mass is 16.5. The fourth-order valence-electron chi connectivity index (χ4n) is 3.17. The number of hydrogen-bond donors (Lipinski definition) is 1. The lowest BCUT2D eigenvalue weighted by molar-refractivity contribution is 0.0601. The van der Waals surface area contributed by atoms with Crippen LogP contribution in [0.25, 0.3) is 0 Å².